The summed E-state index contributed by atoms with van der Waals surface area (Å²) in [6.07, 6.45) is -0.521. The van der Waals surface area contributed by atoms with E-state index in [0.29, 0.717) is 18.4 Å². The monoisotopic (exact) mass is 366 g/mol. The minimum Gasteiger partial charge on any atom is -0.481 e. The lowest BCUT2D eigenvalue weighted by molar-refractivity contribution is -0.138. The molecule has 0 saturated heterocycles. The molecule has 0 radical (unpaired) electrons. The number of unbranched alkanes of at least 4 members (excludes halogenated alkanes) is 1. The molecule has 0 fully saturated rings. The van der Waals surface area contributed by atoms with Crippen molar-refractivity contribution in [2.75, 3.05) is 6.61 Å². The SMILES string of the molecule is O=C(O)CCCCO/N=C(\c1ccncc1)c1cccc(C(F)(F)F)c1. The Bertz CT molecular complexity index is 762. The van der Waals surface area contributed by atoms with Gasteiger partial charge >= 0.3 is 12.1 Å². The fraction of sp³-hybridized carbons (Fsp3) is 0.278. The molecule has 8 heteroatoms. The number of aromatic nitrogens is 1. The van der Waals surface area contributed by atoms with Crippen molar-refractivity contribution in [2.45, 2.75) is 25.4 Å². The predicted octanol–water partition coefficient (Wildman–Crippen LogP) is 4.12. The fourth-order valence-corrected chi connectivity index (χ4v) is 2.18. The lowest BCUT2D eigenvalue weighted by Gasteiger charge is -2.11. The summed E-state index contributed by atoms with van der Waals surface area (Å²) >= 11 is 0. The Morgan fingerprint density at radius 1 is 1.12 bits per heavy atom. The molecule has 138 valence electrons. The number of alkyl halides is 3. The van der Waals surface area contributed by atoms with Gasteiger partial charge in [0.05, 0.1) is 5.56 Å². The van der Waals surface area contributed by atoms with Gasteiger partial charge in [-0.25, -0.2) is 0 Å². The van der Waals surface area contributed by atoms with Crippen molar-refractivity contribution in [1.82, 2.24) is 4.98 Å². The first kappa shape index (κ1) is 19.4. The second kappa shape index (κ2) is 8.98. The number of nitrogens with zero attached hydrogens (tertiary/aromatic N) is 2. The first-order valence-electron chi connectivity index (χ1n) is 7.87. The molecule has 1 heterocycles. The van der Waals surface area contributed by atoms with Crippen LogP contribution in [-0.4, -0.2) is 28.4 Å². The highest BCUT2D eigenvalue weighted by Gasteiger charge is 2.30. The third-order valence-corrected chi connectivity index (χ3v) is 3.45. The zero-order valence-corrected chi connectivity index (χ0v) is 13.7. The van der Waals surface area contributed by atoms with Crippen LogP contribution in [-0.2, 0) is 15.8 Å². The van der Waals surface area contributed by atoms with Crippen molar-refractivity contribution in [2.24, 2.45) is 5.16 Å². The summed E-state index contributed by atoms with van der Waals surface area (Å²) < 4.78 is 38.9. The van der Waals surface area contributed by atoms with Crippen LogP contribution in [0.3, 0.4) is 0 Å². The Hall–Kier alpha value is -2.90. The minimum atomic E-state index is -4.46. The van der Waals surface area contributed by atoms with Crippen LogP contribution < -0.4 is 0 Å². The van der Waals surface area contributed by atoms with E-state index in [0.717, 1.165) is 12.1 Å². The molecule has 0 aliphatic carbocycles. The highest BCUT2D eigenvalue weighted by molar-refractivity contribution is 6.12. The molecular weight excluding hydrogens is 349 g/mol. The topological polar surface area (TPSA) is 71.8 Å². The fourth-order valence-electron chi connectivity index (χ4n) is 2.18. The largest absolute Gasteiger partial charge is 0.481 e. The van der Waals surface area contributed by atoms with Gasteiger partial charge in [0.25, 0.3) is 0 Å². The average Bonchev–Trinajstić information content (AvgIpc) is 2.61. The first-order valence-corrected chi connectivity index (χ1v) is 7.87. The molecule has 5 nitrogen and oxygen atoms in total. The van der Waals surface area contributed by atoms with E-state index in [1.807, 2.05) is 0 Å². The van der Waals surface area contributed by atoms with E-state index in [2.05, 4.69) is 10.1 Å². The van der Waals surface area contributed by atoms with Crippen molar-refractivity contribution in [3.63, 3.8) is 0 Å². The molecule has 2 aromatic rings. The van der Waals surface area contributed by atoms with Crippen LogP contribution in [0.15, 0.2) is 53.9 Å². The lowest BCUT2D eigenvalue weighted by atomic mass is 10.0. The van der Waals surface area contributed by atoms with Crippen molar-refractivity contribution < 1.29 is 27.9 Å². The summed E-state index contributed by atoms with van der Waals surface area (Å²) in [5.74, 6) is -0.894. The maximum Gasteiger partial charge on any atom is 0.416 e. The molecule has 0 amide bonds. The third-order valence-electron chi connectivity index (χ3n) is 3.45. The van der Waals surface area contributed by atoms with Crippen LogP contribution in [0.5, 0.6) is 0 Å². The molecular formula is C18H17F3N2O3. The van der Waals surface area contributed by atoms with Gasteiger partial charge in [0.1, 0.15) is 12.3 Å². The quantitative estimate of drug-likeness (QED) is 0.433. The second-order valence-electron chi connectivity index (χ2n) is 5.44. The zero-order valence-electron chi connectivity index (χ0n) is 13.7. The third kappa shape index (κ3) is 5.87. The summed E-state index contributed by atoms with van der Waals surface area (Å²) in [6, 6.07) is 8.05. The van der Waals surface area contributed by atoms with E-state index in [-0.39, 0.29) is 24.3 Å². The number of aliphatic carboxylic acids is 1. The van der Waals surface area contributed by atoms with Gasteiger partial charge in [-0.3, -0.25) is 9.78 Å². The van der Waals surface area contributed by atoms with Gasteiger partial charge in [0, 0.05) is 29.9 Å². The average molecular weight is 366 g/mol. The molecule has 1 N–H and O–H groups in total. The molecule has 26 heavy (non-hydrogen) atoms. The van der Waals surface area contributed by atoms with Crippen LogP contribution in [0.1, 0.15) is 36.0 Å². The molecule has 0 unspecified atom stereocenters. The van der Waals surface area contributed by atoms with Gasteiger partial charge in [-0.05, 0) is 37.1 Å². The van der Waals surface area contributed by atoms with E-state index >= 15 is 0 Å². The number of carboxylic acids is 1. The van der Waals surface area contributed by atoms with Crippen molar-refractivity contribution in [3.05, 3.63) is 65.5 Å². The Balaban J connectivity index is 2.20. The van der Waals surface area contributed by atoms with Crippen LogP contribution in [0.4, 0.5) is 13.2 Å². The van der Waals surface area contributed by atoms with E-state index in [1.165, 1.54) is 24.5 Å². The molecule has 0 spiro atoms. The maximum absolute atomic E-state index is 13.0. The number of halogens is 3. The molecule has 0 saturated carbocycles. The molecule has 1 aromatic carbocycles. The van der Waals surface area contributed by atoms with Crippen LogP contribution in [0.2, 0.25) is 0 Å². The number of hydrogen-bond donors (Lipinski definition) is 1. The van der Waals surface area contributed by atoms with E-state index < -0.39 is 17.7 Å². The summed E-state index contributed by atoms with van der Waals surface area (Å²) in [5, 5.41) is 12.6. The number of rotatable bonds is 8. The second-order valence-corrected chi connectivity index (χ2v) is 5.44. The van der Waals surface area contributed by atoms with Gasteiger partial charge < -0.3 is 9.94 Å². The normalized spacial score (nSPS) is 12.0. The Morgan fingerprint density at radius 2 is 1.85 bits per heavy atom. The van der Waals surface area contributed by atoms with Crippen LogP contribution >= 0.6 is 0 Å². The Kier molecular flexibility index (Phi) is 6.71. The number of pyridine rings is 1. The van der Waals surface area contributed by atoms with Crippen molar-refractivity contribution >= 4 is 11.7 Å². The Morgan fingerprint density at radius 3 is 2.50 bits per heavy atom. The molecule has 0 aliphatic rings. The van der Waals surface area contributed by atoms with Gasteiger partial charge in [-0.15, -0.1) is 0 Å². The lowest BCUT2D eigenvalue weighted by Crippen LogP contribution is -2.09. The molecule has 1 aromatic heterocycles. The predicted molar refractivity (Wildman–Crippen MR) is 88.8 cm³/mol. The van der Waals surface area contributed by atoms with Gasteiger partial charge in [-0.1, -0.05) is 17.3 Å². The van der Waals surface area contributed by atoms with Crippen molar-refractivity contribution in [3.8, 4) is 0 Å². The summed E-state index contributed by atoms with van der Waals surface area (Å²) in [6.45, 7) is 0.167. The van der Waals surface area contributed by atoms with Crippen molar-refractivity contribution in [1.29, 1.82) is 0 Å². The van der Waals surface area contributed by atoms with Crippen LogP contribution in [0.25, 0.3) is 0 Å². The van der Waals surface area contributed by atoms with Gasteiger partial charge in [0.2, 0.25) is 0 Å². The number of oxime groups is 1. The zero-order chi connectivity index (χ0) is 19.0. The van der Waals surface area contributed by atoms with Crippen LogP contribution in [0, 0.1) is 0 Å². The summed E-state index contributed by atoms with van der Waals surface area (Å²) in [5.41, 5.74) is 0.288. The molecule has 0 atom stereocenters. The van der Waals surface area contributed by atoms with E-state index in [9.17, 15) is 18.0 Å². The standard InChI is InChI=1S/C18H17F3N2O3/c19-18(20,21)15-5-3-4-14(12-15)17(13-7-9-22-10-8-13)23-26-11-2-1-6-16(24)25/h3-5,7-10,12H,1-2,6,11H2,(H,24,25)/b23-17+. The van der Waals surface area contributed by atoms with Gasteiger partial charge in [0.15, 0.2) is 0 Å². The minimum absolute atomic E-state index is 0.0257. The number of hydrogen-bond acceptors (Lipinski definition) is 4. The number of carbonyl (C=O) groups is 1. The Labute approximate surface area is 148 Å². The summed E-state index contributed by atoms with van der Waals surface area (Å²) in [7, 11) is 0. The number of benzene rings is 1. The van der Waals surface area contributed by atoms with Gasteiger partial charge in [-0.2, -0.15) is 13.2 Å². The van der Waals surface area contributed by atoms with E-state index in [4.69, 9.17) is 9.94 Å². The number of carboxylic acid groups (broad SMARTS) is 1. The highest BCUT2D eigenvalue weighted by Crippen LogP contribution is 2.30. The highest BCUT2D eigenvalue weighted by atomic mass is 19.4. The molecule has 0 bridgehead atoms. The molecule has 0 aliphatic heterocycles. The smallest absolute Gasteiger partial charge is 0.416 e. The summed E-state index contributed by atoms with van der Waals surface area (Å²) in [4.78, 5) is 19.5. The molecule has 2 rings (SSSR count). The van der Waals surface area contributed by atoms with E-state index in [1.54, 1.807) is 12.1 Å². The first-order chi connectivity index (χ1) is 12.4. The maximum atomic E-state index is 13.0.